The molecular formula is C18H20N6O2. The van der Waals surface area contributed by atoms with E-state index in [1.807, 2.05) is 25.1 Å². The number of carbonyl (C=O) groups excluding carboxylic acids is 1. The summed E-state index contributed by atoms with van der Waals surface area (Å²) in [5.74, 6) is 0.523. The smallest absolute Gasteiger partial charge is 0.289 e. The molecule has 8 nitrogen and oxygen atoms in total. The number of rotatable bonds is 5. The van der Waals surface area contributed by atoms with Crippen LogP contribution in [0.1, 0.15) is 34.8 Å². The van der Waals surface area contributed by atoms with Crippen LogP contribution < -0.4 is 5.32 Å². The highest BCUT2D eigenvalue weighted by Crippen LogP contribution is 2.31. The van der Waals surface area contributed by atoms with Gasteiger partial charge in [-0.15, -0.1) is 10.2 Å². The van der Waals surface area contributed by atoms with Crippen LogP contribution in [0.3, 0.4) is 0 Å². The number of nitrogens with one attached hydrogen (secondary N) is 1. The fraction of sp³-hybridized carbons (Fsp3) is 0.389. The molecule has 3 aromatic heterocycles. The monoisotopic (exact) mass is 352 g/mol. The lowest BCUT2D eigenvalue weighted by Gasteiger charge is -2.37. The number of aliphatic hydroxyl groups excluding tert-OH is 1. The van der Waals surface area contributed by atoms with Crippen molar-refractivity contribution in [1.82, 2.24) is 29.9 Å². The van der Waals surface area contributed by atoms with Crippen LogP contribution in [0.2, 0.25) is 0 Å². The number of amides is 1. The van der Waals surface area contributed by atoms with Crippen LogP contribution in [0.5, 0.6) is 0 Å². The van der Waals surface area contributed by atoms with Crippen LogP contribution in [0, 0.1) is 12.8 Å². The molecule has 1 atom stereocenters. The average Bonchev–Trinajstić information content (AvgIpc) is 3.02. The Balaban J connectivity index is 1.55. The normalized spacial score (nSPS) is 20.5. The van der Waals surface area contributed by atoms with Crippen molar-refractivity contribution in [1.29, 1.82) is 0 Å². The van der Waals surface area contributed by atoms with Crippen molar-refractivity contribution in [3.63, 3.8) is 0 Å². The lowest BCUT2D eigenvalue weighted by Crippen LogP contribution is -2.48. The van der Waals surface area contributed by atoms with Crippen LogP contribution in [0.4, 0.5) is 0 Å². The molecular weight excluding hydrogens is 332 g/mol. The van der Waals surface area contributed by atoms with Gasteiger partial charge in [-0.2, -0.15) is 0 Å². The molecule has 1 unspecified atom stereocenters. The second-order valence-corrected chi connectivity index (χ2v) is 6.75. The molecule has 3 heterocycles. The minimum absolute atomic E-state index is 0.119. The summed E-state index contributed by atoms with van der Waals surface area (Å²) in [5, 5.41) is 20.7. The number of aromatic nitrogens is 5. The SMILES string of the molecule is Cc1ccn2c(C(=O)NC(Cc3ccccn3)C3CC(O)C3)nnc2n1. The molecule has 8 heteroatoms. The van der Waals surface area contributed by atoms with Gasteiger partial charge >= 0.3 is 0 Å². The van der Waals surface area contributed by atoms with E-state index in [-0.39, 0.29) is 29.8 Å². The Kier molecular flexibility index (Phi) is 4.34. The Morgan fingerprint density at radius 2 is 2.19 bits per heavy atom. The van der Waals surface area contributed by atoms with E-state index in [0.717, 1.165) is 11.4 Å². The van der Waals surface area contributed by atoms with E-state index in [0.29, 0.717) is 25.0 Å². The molecule has 1 fully saturated rings. The van der Waals surface area contributed by atoms with Crippen molar-refractivity contribution in [2.45, 2.75) is 38.3 Å². The second-order valence-electron chi connectivity index (χ2n) is 6.75. The number of hydrogen-bond acceptors (Lipinski definition) is 6. The molecule has 3 aromatic rings. The van der Waals surface area contributed by atoms with Gasteiger partial charge in [-0.3, -0.25) is 14.2 Å². The highest BCUT2D eigenvalue weighted by molar-refractivity contribution is 5.91. The first kappa shape index (κ1) is 16.6. The van der Waals surface area contributed by atoms with Crippen LogP contribution in [0.15, 0.2) is 36.7 Å². The fourth-order valence-corrected chi connectivity index (χ4v) is 3.30. The first-order valence-electron chi connectivity index (χ1n) is 8.67. The van der Waals surface area contributed by atoms with Crippen LogP contribution >= 0.6 is 0 Å². The first-order valence-corrected chi connectivity index (χ1v) is 8.67. The Morgan fingerprint density at radius 3 is 2.92 bits per heavy atom. The molecule has 134 valence electrons. The zero-order valence-corrected chi connectivity index (χ0v) is 14.4. The molecule has 2 N–H and O–H groups in total. The molecule has 0 saturated heterocycles. The first-order chi connectivity index (χ1) is 12.6. The van der Waals surface area contributed by atoms with E-state index < -0.39 is 0 Å². The predicted molar refractivity (Wildman–Crippen MR) is 93.4 cm³/mol. The van der Waals surface area contributed by atoms with Gasteiger partial charge in [-0.25, -0.2) is 4.98 Å². The maximum atomic E-state index is 12.8. The summed E-state index contributed by atoms with van der Waals surface area (Å²) in [6.07, 6.45) is 5.16. The molecule has 0 aromatic carbocycles. The Morgan fingerprint density at radius 1 is 1.35 bits per heavy atom. The van der Waals surface area contributed by atoms with Crippen LogP contribution in [-0.4, -0.2) is 47.7 Å². The van der Waals surface area contributed by atoms with Crippen LogP contribution in [-0.2, 0) is 6.42 Å². The molecule has 4 rings (SSSR count). The van der Waals surface area contributed by atoms with E-state index >= 15 is 0 Å². The number of nitrogens with zero attached hydrogens (tertiary/aromatic N) is 5. The van der Waals surface area contributed by atoms with E-state index in [1.165, 1.54) is 0 Å². The highest BCUT2D eigenvalue weighted by atomic mass is 16.3. The Labute approximate surface area is 150 Å². The average molecular weight is 352 g/mol. The number of hydrogen-bond donors (Lipinski definition) is 2. The lowest BCUT2D eigenvalue weighted by molar-refractivity contribution is 0.0236. The minimum atomic E-state index is -0.300. The Bertz CT molecular complexity index is 920. The summed E-state index contributed by atoms with van der Waals surface area (Å²) >= 11 is 0. The number of carbonyl (C=O) groups is 1. The molecule has 26 heavy (non-hydrogen) atoms. The summed E-state index contributed by atoms with van der Waals surface area (Å²) in [6, 6.07) is 7.42. The number of fused-ring (bicyclic) bond motifs is 1. The largest absolute Gasteiger partial charge is 0.393 e. The van der Waals surface area contributed by atoms with Gasteiger partial charge in [0.15, 0.2) is 0 Å². The van der Waals surface area contributed by atoms with Gasteiger partial charge in [-0.05, 0) is 43.9 Å². The van der Waals surface area contributed by atoms with Gasteiger partial charge in [0.1, 0.15) is 0 Å². The fourth-order valence-electron chi connectivity index (χ4n) is 3.30. The zero-order valence-electron chi connectivity index (χ0n) is 14.4. The van der Waals surface area contributed by atoms with Gasteiger partial charge in [-0.1, -0.05) is 6.07 Å². The summed E-state index contributed by atoms with van der Waals surface area (Å²) in [4.78, 5) is 21.4. The Hall–Kier alpha value is -2.87. The maximum absolute atomic E-state index is 12.8. The van der Waals surface area contributed by atoms with Crippen LogP contribution in [0.25, 0.3) is 5.78 Å². The van der Waals surface area contributed by atoms with Gasteiger partial charge in [0.05, 0.1) is 6.10 Å². The molecule has 1 aliphatic rings. The topological polar surface area (TPSA) is 105 Å². The lowest BCUT2D eigenvalue weighted by atomic mass is 9.76. The molecule has 1 aliphatic carbocycles. The van der Waals surface area contributed by atoms with Gasteiger partial charge < -0.3 is 10.4 Å². The summed E-state index contributed by atoms with van der Waals surface area (Å²) in [6.45, 7) is 1.86. The molecule has 0 bridgehead atoms. The third-order valence-electron chi connectivity index (χ3n) is 4.81. The van der Waals surface area contributed by atoms with E-state index in [9.17, 15) is 9.90 Å². The predicted octanol–water partition coefficient (Wildman–Crippen LogP) is 0.940. The molecule has 0 aliphatic heterocycles. The standard InChI is InChI=1S/C18H20N6O2/c1-11-5-7-24-16(22-23-18(24)20-11)17(26)21-15(12-8-14(25)9-12)10-13-4-2-3-6-19-13/h2-7,12,14-15,25H,8-10H2,1H3,(H,21,26). The van der Waals surface area contributed by atoms with Gasteiger partial charge in [0.2, 0.25) is 5.82 Å². The number of aryl methyl sites for hydroxylation is 1. The molecule has 1 saturated carbocycles. The zero-order chi connectivity index (χ0) is 18.1. The van der Waals surface area contributed by atoms with Crippen molar-refractivity contribution in [3.05, 3.63) is 53.9 Å². The van der Waals surface area contributed by atoms with Gasteiger partial charge in [0.25, 0.3) is 11.7 Å². The minimum Gasteiger partial charge on any atom is -0.393 e. The van der Waals surface area contributed by atoms with Gasteiger partial charge in [0, 0.05) is 36.2 Å². The van der Waals surface area contributed by atoms with Crippen molar-refractivity contribution in [2.75, 3.05) is 0 Å². The van der Waals surface area contributed by atoms with Crippen molar-refractivity contribution >= 4 is 11.7 Å². The van der Waals surface area contributed by atoms with E-state index in [4.69, 9.17) is 0 Å². The maximum Gasteiger partial charge on any atom is 0.289 e. The van der Waals surface area contributed by atoms with Crippen molar-refractivity contribution in [3.8, 4) is 0 Å². The molecule has 0 radical (unpaired) electrons. The van der Waals surface area contributed by atoms with E-state index in [2.05, 4.69) is 25.5 Å². The number of aliphatic hydroxyl groups is 1. The molecule has 1 amide bonds. The quantitative estimate of drug-likeness (QED) is 0.708. The summed E-state index contributed by atoms with van der Waals surface area (Å²) in [5.41, 5.74) is 1.72. The van der Waals surface area contributed by atoms with Crippen molar-refractivity contribution in [2.24, 2.45) is 5.92 Å². The second kappa shape index (κ2) is 6.80. The molecule has 0 spiro atoms. The van der Waals surface area contributed by atoms with Crippen molar-refractivity contribution < 1.29 is 9.90 Å². The summed E-state index contributed by atoms with van der Waals surface area (Å²) in [7, 11) is 0. The van der Waals surface area contributed by atoms with E-state index in [1.54, 1.807) is 22.9 Å². The third kappa shape index (κ3) is 3.28. The highest BCUT2D eigenvalue weighted by Gasteiger charge is 2.35. The summed E-state index contributed by atoms with van der Waals surface area (Å²) < 4.78 is 1.58. The third-order valence-corrected chi connectivity index (χ3v) is 4.81. The number of pyridine rings is 1.